The van der Waals surface area contributed by atoms with Gasteiger partial charge in [-0.05, 0) is 29.7 Å². The first-order chi connectivity index (χ1) is 12.4. The van der Waals surface area contributed by atoms with Crippen LogP contribution in [0, 0.1) is 0 Å². The van der Waals surface area contributed by atoms with E-state index in [2.05, 4.69) is 26.5 Å². The SMILES string of the molecule is CN=C(NCc1ccc(S(C)(=O)=O)cc1)N1CCC(c2cnn(C)c2)C1. The lowest BCUT2D eigenvalue weighted by Crippen LogP contribution is -2.39. The standard InChI is InChI=1S/C18H25N5O2S/c1-19-18(20-10-14-4-6-17(7-5-14)26(3,24)25)23-9-8-15(13-23)16-11-21-22(2)12-16/h4-7,11-12,15H,8-10,13H2,1-3H3,(H,19,20). The predicted molar refractivity (Wildman–Crippen MR) is 102 cm³/mol. The monoisotopic (exact) mass is 375 g/mol. The van der Waals surface area contributed by atoms with Crippen molar-refractivity contribution in [2.45, 2.75) is 23.8 Å². The van der Waals surface area contributed by atoms with Crippen LogP contribution >= 0.6 is 0 Å². The molecule has 1 aromatic heterocycles. The number of rotatable bonds is 4. The van der Waals surface area contributed by atoms with Crippen LogP contribution in [0.3, 0.4) is 0 Å². The smallest absolute Gasteiger partial charge is 0.193 e. The summed E-state index contributed by atoms with van der Waals surface area (Å²) in [7, 11) is 0.562. The van der Waals surface area contributed by atoms with Crippen molar-refractivity contribution in [3.05, 3.63) is 47.8 Å². The van der Waals surface area contributed by atoms with Crippen LogP contribution in [0.25, 0.3) is 0 Å². The predicted octanol–water partition coefficient (Wildman–Crippen LogP) is 1.39. The molecule has 1 saturated heterocycles. The summed E-state index contributed by atoms with van der Waals surface area (Å²) in [6.45, 7) is 2.47. The third kappa shape index (κ3) is 4.24. The van der Waals surface area contributed by atoms with Crippen LogP contribution in [0.4, 0.5) is 0 Å². The van der Waals surface area contributed by atoms with Gasteiger partial charge >= 0.3 is 0 Å². The molecule has 3 rings (SSSR count). The number of hydrogen-bond donors (Lipinski definition) is 1. The number of aromatic nitrogens is 2. The lowest BCUT2D eigenvalue weighted by Gasteiger charge is -2.21. The molecule has 0 spiro atoms. The third-order valence-corrected chi connectivity index (χ3v) is 5.83. The molecule has 1 aromatic carbocycles. The molecule has 0 saturated carbocycles. The van der Waals surface area contributed by atoms with E-state index >= 15 is 0 Å². The first kappa shape index (κ1) is 18.4. The Morgan fingerprint density at radius 1 is 1.35 bits per heavy atom. The molecule has 8 heteroatoms. The van der Waals surface area contributed by atoms with E-state index in [4.69, 9.17) is 0 Å². The lowest BCUT2D eigenvalue weighted by atomic mass is 10.0. The van der Waals surface area contributed by atoms with Crippen molar-refractivity contribution >= 4 is 15.8 Å². The second-order valence-electron chi connectivity index (χ2n) is 6.70. The Bertz CT molecular complexity index is 887. The lowest BCUT2D eigenvalue weighted by molar-refractivity contribution is 0.486. The second-order valence-corrected chi connectivity index (χ2v) is 8.71. The topological polar surface area (TPSA) is 79.6 Å². The van der Waals surface area contributed by atoms with Gasteiger partial charge in [0, 0.05) is 52.1 Å². The molecule has 1 atom stereocenters. The van der Waals surface area contributed by atoms with E-state index in [9.17, 15) is 8.42 Å². The fraction of sp³-hybridized carbons (Fsp3) is 0.444. The molecule has 140 valence electrons. The molecule has 0 aliphatic carbocycles. The van der Waals surface area contributed by atoms with E-state index in [1.807, 2.05) is 30.1 Å². The largest absolute Gasteiger partial charge is 0.352 e. The minimum absolute atomic E-state index is 0.337. The molecule has 7 nitrogen and oxygen atoms in total. The fourth-order valence-electron chi connectivity index (χ4n) is 3.24. The molecule has 0 radical (unpaired) electrons. The van der Waals surface area contributed by atoms with Gasteiger partial charge in [0.25, 0.3) is 0 Å². The zero-order valence-electron chi connectivity index (χ0n) is 15.4. The minimum Gasteiger partial charge on any atom is -0.352 e. The van der Waals surface area contributed by atoms with Crippen molar-refractivity contribution < 1.29 is 8.42 Å². The van der Waals surface area contributed by atoms with Gasteiger partial charge in [0.15, 0.2) is 15.8 Å². The first-order valence-corrected chi connectivity index (χ1v) is 10.5. The Balaban J connectivity index is 1.58. The summed E-state index contributed by atoms with van der Waals surface area (Å²) in [6, 6.07) is 6.95. The average Bonchev–Trinajstić information content (AvgIpc) is 3.24. The number of aliphatic imine (C=N–C) groups is 1. The average molecular weight is 375 g/mol. The molecule has 0 bridgehead atoms. The highest BCUT2D eigenvalue weighted by atomic mass is 32.2. The molecule has 1 fully saturated rings. The van der Waals surface area contributed by atoms with Crippen LogP contribution in [0.1, 0.15) is 23.5 Å². The summed E-state index contributed by atoms with van der Waals surface area (Å²) in [5.41, 5.74) is 2.28. The summed E-state index contributed by atoms with van der Waals surface area (Å²) in [5.74, 6) is 1.33. The minimum atomic E-state index is -3.16. The molecule has 1 aliphatic heterocycles. The number of aryl methyl sites for hydroxylation is 1. The molecule has 0 amide bonds. The summed E-state index contributed by atoms with van der Waals surface area (Å²) in [6.07, 6.45) is 6.31. The summed E-state index contributed by atoms with van der Waals surface area (Å²) in [4.78, 5) is 6.98. The number of nitrogens with zero attached hydrogens (tertiary/aromatic N) is 4. The molecule has 2 heterocycles. The molecular weight excluding hydrogens is 350 g/mol. The van der Waals surface area contributed by atoms with Gasteiger partial charge in [0.2, 0.25) is 0 Å². The van der Waals surface area contributed by atoms with Gasteiger partial charge in [0.05, 0.1) is 11.1 Å². The van der Waals surface area contributed by atoms with Crippen LogP contribution in [0.5, 0.6) is 0 Å². The number of sulfone groups is 1. The Hall–Kier alpha value is -2.35. The van der Waals surface area contributed by atoms with Gasteiger partial charge in [0.1, 0.15) is 0 Å². The van der Waals surface area contributed by atoms with Crippen molar-refractivity contribution in [2.24, 2.45) is 12.0 Å². The van der Waals surface area contributed by atoms with Crippen molar-refractivity contribution in [3.8, 4) is 0 Å². The molecule has 1 aliphatic rings. The van der Waals surface area contributed by atoms with E-state index in [-0.39, 0.29) is 0 Å². The van der Waals surface area contributed by atoms with E-state index in [1.54, 1.807) is 19.2 Å². The Kier molecular flexibility index (Phi) is 5.31. The van der Waals surface area contributed by atoms with Crippen LogP contribution in [-0.4, -0.2) is 55.5 Å². The van der Waals surface area contributed by atoms with Crippen LogP contribution in [0.2, 0.25) is 0 Å². The van der Waals surface area contributed by atoms with Gasteiger partial charge < -0.3 is 10.2 Å². The van der Waals surface area contributed by atoms with Gasteiger partial charge in [-0.15, -0.1) is 0 Å². The maximum Gasteiger partial charge on any atom is 0.193 e. The highest BCUT2D eigenvalue weighted by Crippen LogP contribution is 2.26. The number of benzene rings is 1. The highest BCUT2D eigenvalue weighted by molar-refractivity contribution is 7.90. The van der Waals surface area contributed by atoms with E-state index < -0.39 is 9.84 Å². The van der Waals surface area contributed by atoms with Gasteiger partial charge in [-0.2, -0.15) is 5.10 Å². The summed E-state index contributed by atoms with van der Waals surface area (Å²) < 4.78 is 24.9. The van der Waals surface area contributed by atoms with Gasteiger partial charge in [-0.3, -0.25) is 9.67 Å². The summed E-state index contributed by atoms with van der Waals surface area (Å²) in [5, 5.41) is 7.63. The maximum absolute atomic E-state index is 11.5. The molecule has 1 unspecified atom stereocenters. The first-order valence-electron chi connectivity index (χ1n) is 8.60. The zero-order chi connectivity index (χ0) is 18.7. The molecule has 2 aromatic rings. The molecule has 1 N–H and O–H groups in total. The van der Waals surface area contributed by atoms with Crippen LogP contribution in [0.15, 0.2) is 46.5 Å². The Morgan fingerprint density at radius 2 is 2.08 bits per heavy atom. The van der Waals surface area contributed by atoms with Crippen LogP contribution < -0.4 is 5.32 Å². The Morgan fingerprint density at radius 3 is 2.65 bits per heavy atom. The van der Waals surface area contributed by atoms with Gasteiger partial charge in [-0.25, -0.2) is 8.42 Å². The van der Waals surface area contributed by atoms with Crippen LogP contribution in [-0.2, 0) is 23.4 Å². The van der Waals surface area contributed by atoms with Crippen molar-refractivity contribution in [1.29, 1.82) is 0 Å². The maximum atomic E-state index is 11.5. The molecule has 26 heavy (non-hydrogen) atoms. The normalized spacial score (nSPS) is 18.3. The van der Waals surface area contributed by atoms with Gasteiger partial charge in [-0.1, -0.05) is 12.1 Å². The van der Waals surface area contributed by atoms with E-state index in [0.29, 0.717) is 17.4 Å². The highest BCUT2D eigenvalue weighted by Gasteiger charge is 2.26. The fourth-order valence-corrected chi connectivity index (χ4v) is 3.87. The number of hydrogen-bond acceptors (Lipinski definition) is 4. The number of nitrogens with one attached hydrogen (secondary N) is 1. The molecular formula is C18H25N5O2S. The van der Waals surface area contributed by atoms with E-state index in [1.165, 1.54) is 11.8 Å². The quantitative estimate of drug-likeness (QED) is 0.645. The van der Waals surface area contributed by atoms with E-state index in [0.717, 1.165) is 31.0 Å². The van der Waals surface area contributed by atoms with Crippen molar-refractivity contribution in [1.82, 2.24) is 20.0 Å². The third-order valence-electron chi connectivity index (χ3n) is 4.70. The number of guanidine groups is 1. The summed E-state index contributed by atoms with van der Waals surface area (Å²) >= 11 is 0. The van der Waals surface area contributed by atoms with Crippen molar-refractivity contribution in [2.75, 3.05) is 26.4 Å². The second kappa shape index (κ2) is 7.49. The Labute approximate surface area is 154 Å². The van der Waals surface area contributed by atoms with Crippen molar-refractivity contribution in [3.63, 3.8) is 0 Å². The number of likely N-dealkylation sites (tertiary alicyclic amines) is 1. The zero-order valence-corrected chi connectivity index (χ0v) is 16.2.